The SMILES string of the molecule is CC(=O)OC(C)C(=O)NCc1cccc(-c2ccc(C3OC(CSc4ncccn4)C(C)C(c4ccc(CO)cc4)O3)cc2)c1. The maximum absolute atomic E-state index is 12.3. The molecule has 2 N–H and O–H groups in total. The molecule has 1 saturated heterocycles. The molecule has 0 radical (unpaired) electrons. The number of hydrogen-bond donors (Lipinski definition) is 2. The number of aromatic nitrogens is 2. The molecule has 0 bridgehead atoms. The zero-order valence-electron chi connectivity index (χ0n) is 25.5. The summed E-state index contributed by atoms with van der Waals surface area (Å²) in [5.41, 5.74) is 5.71. The van der Waals surface area contributed by atoms with Gasteiger partial charge in [0.15, 0.2) is 17.6 Å². The van der Waals surface area contributed by atoms with E-state index in [1.54, 1.807) is 37.1 Å². The van der Waals surface area contributed by atoms with Crippen LogP contribution in [-0.2, 0) is 37.0 Å². The number of nitrogens with one attached hydrogen (secondary N) is 1. The van der Waals surface area contributed by atoms with Crippen molar-refractivity contribution < 1.29 is 28.9 Å². The van der Waals surface area contributed by atoms with Crippen LogP contribution >= 0.6 is 11.8 Å². The van der Waals surface area contributed by atoms with E-state index >= 15 is 0 Å². The molecule has 5 unspecified atom stereocenters. The number of aliphatic hydroxyl groups is 1. The van der Waals surface area contributed by atoms with Gasteiger partial charge < -0.3 is 24.6 Å². The Labute approximate surface area is 267 Å². The summed E-state index contributed by atoms with van der Waals surface area (Å²) >= 11 is 1.56. The van der Waals surface area contributed by atoms with Crippen molar-refractivity contribution in [1.82, 2.24) is 15.3 Å². The minimum atomic E-state index is -0.852. The second-order valence-corrected chi connectivity index (χ2v) is 11.9. The highest BCUT2D eigenvalue weighted by Gasteiger charge is 2.38. The predicted octanol–water partition coefficient (Wildman–Crippen LogP) is 5.79. The van der Waals surface area contributed by atoms with Crippen LogP contribution in [0.25, 0.3) is 11.1 Å². The standard InChI is InChI=1S/C35H37N3O6S/c1-22-31(21-45-35-36-16-5-17-37-35)43-34(44-32(22)28-10-8-25(20-39)9-11-28)29-14-12-27(13-15-29)30-7-4-6-26(18-30)19-38-33(41)23(2)42-24(3)40/h4-18,22-23,31-32,34,39H,19-21H2,1-3H3,(H,38,41). The lowest BCUT2D eigenvalue weighted by Crippen LogP contribution is -2.38. The Balaban J connectivity index is 1.31. The third-order valence-corrected chi connectivity index (χ3v) is 8.63. The summed E-state index contributed by atoms with van der Waals surface area (Å²) in [7, 11) is 0. The first kappa shape index (κ1) is 32.3. The smallest absolute Gasteiger partial charge is 0.303 e. The third kappa shape index (κ3) is 8.55. The average molecular weight is 628 g/mol. The van der Waals surface area contributed by atoms with E-state index in [9.17, 15) is 14.7 Å². The van der Waals surface area contributed by atoms with Crippen molar-refractivity contribution in [2.24, 2.45) is 5.92 Å². The summed E-state index contributed by atoms with van der Waals surface area (Å²) in [6.45, 7) is 5.26. The Kier molecular flexibility index (Phi) is 11.0. The number of rotatable bonds is 11. The van der Waals surface area contributed by atoms with Crippen LogP contribution in [0.5, 0.6) is 0 Å². The van der Waals surface area contributed by atoms with Crippen LogP contribution in [0, 0.1) is 5.92 Å². The van der Waals surface area contributed by atoms with Crippen molar-refractivity contribution in [3.05, 3.63) is 114 Å². The van der Waals surface area contributed by atoms with E-state index in [0.29, 0.717) is 17.5 Å². The van der Waals surface area contributed by atoms with Crippen LogP contribution in [0.2, 0.25) is 0 Å². The van der Waals surface area contributed by atoms with Gasteiger partial charge in [0.1, 0.15) is 0 Å². The second kappa shape index (κ2) is 15.3. The first-order chi connectivity index (χ1) is 21.8. The number of hydrogen-bond acceptors (Lipinski definition) is 9. The minimum absolute atomic E-state index is 0.0113. The molecule has 45 heavy (non-hydrogen) atoms. The van der Waals surface area contributed by atoms with Crippen LogP contribution in [0.15, 0.2) is 96.4 Å². The fourth-order valence-electron chi connectivity index (χ4n) is 5.16. The number of esters is 1. The summed E-state index contributed by atoms with van der Waals surface area (Å²) in [5.74, 6) is -0.128. The lowest BCUT2D eigenvalue weighted by Gasteiger charge is -2.41. The van der Waals surface area contributed by atoms with Crippen LogP contribution in [0.4, 0.5) is 0 Å². The maximum Gasteiger partial charge on any atom is 0.303 e. The highest BCUT2D eigenvalue weighted by Crippen LogP contribution is 2.43. The minimum Gasteiger partial charge on any atom is -0.453 e. The first-order valence-corrected chi connectivity index (χ1v) is 15.8. The highest BCUT2D eigenvalue weighted by molar-refractivity contribution is 7.99. The second-order valence-electron chi connectivity index (χ2n) is 11.0. The Hall–Kier alpha value is -4.09. The molecule has 3 aromatic carbocycles. The van der Waals surface area contributed by atoms with Gasteiger partial charge in [0.25, 0.3) is 5.91 Å². The number of nitrogens with zero attached hydrogens (tertiary/aromatic N) is 2. The molecular weight excluding hydrogens is 590 g/mol. The number of benzene rings is 3. The fraction of sp³-hybridized carbons (Fsp3) is 0.314. The van der Waals surface area contributed by atoms with E-state index < -0.39 is 18.4 Å². The maximum atomic E-state index is 12.3. The van der Waals surface area contributed by atoms with E-state index in [1.165, 1.54) is 6.92 Å². The summed E-state index contributed by atoms with van der Waals surface area (Å²) in [6.07, 6.45) is 1.69. The Bertz CT molecular complexity index is 1570. The van der Waals surface area contributed by atoms with E-state index in [4.69, 9.17) is 14.2 Å². The molecule has 1 aliphatic rings. The Morgan fingerprint density at radius 2 is 1.64 bits per heavy atom. The zero-order chi connectivity index (χ0) is 31.8. The zero-order valence-corrected chi connectivity index (χ0v) is 26.3. The molecule has 5 rings (SSSR count). The predicted molar refractivity (Wildman–Crippen MR) is 171 cm³/mol. The molecule has 9 nitrogen and oxygen atoms in total. The van der Waals surface area contributed by atoms with Crippen molar-refractivity contribution in [2.75, 3.05) is 5.75 Å². The monoisotopic (exact) mass is 627 g/mol. The summed E-state index contributed by atoms with van der Waals surface area (Å²) < 4.78 is 18.1. The van der Waals surface area contributed by atoms with Gasteiger partial charge in [-0.25, -0.2) is 9.97 Å². The van der Waals surface area contributed by atoms with Gasteiger partial charge in [0.05, 0.1) is 18.8 Å². The molecule has 1 amide bonds. The Morgan fingerprint density at radius 3 is 2.33 bits per heavy atom. The number of carbonyl (C=O) groups excluding carboxylic acids is 2. The topological polar surface area (TPSA) is 120 Å². The molecular formula is C35H37N3O6S. The number of carbonyl (C=O) groups is 2. The first-order valence-electron chi connectivity index (χ1n) is 14.9. The van der Waals surface area contributed by atoms with E-state index in [-0.39, 0.29) is 30.6 Å². The lowest BCUT2D eigenvalue weighted by molar-refractivity contribution is -0.268. The number of ether oxygens (including phenoxy) is 3. The van der Waals surface area contributed by atoms with Crippen molar-refractivity contribution in [3.8, 4) is 11.1 Å². The average Bonchev–Trinajstić information content (AvgIpc) is 3.07. The molecule has 0 aliphatic carbocycles. The molecule has 1 aromatic heterocycles. The van der Waals surface area contributed by atoms with Crippen LogP contribution in [0.3, 0.4) is 0 Å². The van der Waals surface area contributed by atoms with Crippen LogP contribution in [0.1, 0.15) is 55.4 Å². The van der Waals surface area contributed by atoms with Crippen molar-refractivity contribution in [2.45, 2.75) is 63.7 Å². The summed E-state index contributed by atoms with van der Waals surface area (Å²) in [5, 5.41) is 13.0. The van der Waals surface area contributed by atoms with Gasteiger partial charge in [-0.1, -0.05) is 85.4 Å². The molecule has 10 heteroatoms. The van der Waals surface area contributed by atoms with Crippen LogP contribution in [-0.4, -0.2) is 44.9 Å². The normalized spacial score (nSPS) is 20.3. The van der Waals surface area contributed by atoms with Crippen molar-refractivity contribution in [3.63, 3.8) is 0 Å². The molecule has 0 spiro atoms. The lowest BCUT2D eigenvalue weighted by atomic mass is 9.91. The number of amides is 1. The fourth-order valence-corrected chi connectivity index (χ4v) is 6.12. The summed E-state index contributed by atoms with van der Waals surface area (Å²) in [6, 6.07) is 25.7. The number of thioether (sulfide) groups is 1. The van der Waals surface area contributed by atoms with Gasteiger partial charge in [-0.05, 0) is 46.9 Å². The molecule has 1 fully saturated rings. The molecule has 234 valence electrons. The largest absolute Gasteiger partial charge is 0.453 e. The van der Waals surface area contributed by atoms with Crippen molar-refractivity contribution in [1.29, 1.82) is 0 Å². The van der Waals surface area contributed by atoms with Gasteiger partial charge in [-0.15, -0.1) is 0 Å². The number of aliphatic hydroxyl groups excluding tert-OH is 1. The van der Waals surface area contributed by atoms with Gasteiger partial charge in [-0.3, -0.25) is 9.59 Å². The van der Waals surface area contributed by atoms with Gasteiger partial charge >= 0.3 is 5.97 Å². The van der Waals surface area contributed by atoms with E-state index in [2.05, 4.69) is 22.2 Å². The van der Waals surface area contributed by atoms with E-state index in [1.807, 2.05) is 72.8 Å². The Morgan fingerprint density at radius 1 is 0.933 bits per heavy atom. The summed E-state index contributed by atoms with van der Waals surface area (Å²) in [4.78, 5) is 32.1. The van der Waals surface area contributed by atoms with Crippen molar-refractivity contribution >= 4 is 23.6 Å². The van der Waals surface area contributed by atoms with Crippen LogP contribution < -0.4 is 5.32 Å². The third-order valence-electron chi connectivity index (χ3n) is 7.66. The highest BCUT2D eigenvalue weighted by atomic mass is 32.2. The molecule has 5 atom stereocenters. The molecule has 2 heterocycles. The van der Waals surface area contributed by atoms with Gasteiger partial charge in [0.2, 0.25) is 0 Å². The molecule has 1 aliphatic heterocycles. The van der Waals surface area contributed by atoms with Gasteiger partial charge in [-0.2, -0.15) is 0 Å². The van der Waals surface area contributed by atoms with E-state index in [0.717, 1.165) is 33.4 Å². The van der Waals surface area contributed by atoms with Gasteiger partial charge in [0, 0.05) is 43.1 Å². The quantitative estimate of drug-likeness (QED) is 0.121. The molecule has 0 saturated carbocycles. The molecule has 4 aromatic rings.